The van der Waals surface area contributed by atoms with E-state index >= 15 is 0 Å². The average molecular weight is 419 g/mol. The van der Waals surface area contributed by atoms with Crippen LogP contribution in [0.3, 0.4) is 0 Å². The highest BCUT2D eigenvalue weighted by Crippen LogP contribution is 2.53. The number of rotatable bonds is 2. The van der Waals surface area contributed by atoms with Crippen molar-refractivity contribution >= 4 is 34.8 Å². The zero-order chi connectivity index (χ0) is 20.1. The highest BCUT2D eigenvalue weighted by Gasteiger charge is 2.63. The number of ether oxygens (including phenoxy) is 2. The molecule has 4 nitrogen and oxygen atoms in total. The molecule has 1 saturated carbocycles. The summed E-state index contributed by atoms with van der Waals surface area (Å²) in [4.78, 5) is 26.5. The number of Topliss-reactive ketones (excluding diaryl/α,β-unsaturated/α-hetero) is 2. The van der Waals surface area contributed by atoms with Crippen molar-refractivity contribution in [3.63, 3.8) is 0 Å². The third-order valence-corrected chi connectivity index (χ3v) is 5.85. The van der Waals surface area contributed by atoms with Gasteiger partial charge in [0, 0.05) is 28.5 Å². The minimum absolute atomic E-state index is 0.245. The number of halogens is 2. The van der Waals surface area contributed by atoms with Crippen molar-refractivity contribution in [3.05, 3.63) is 69.7 Å². The second-order valence-corrected chi connectivity index (χ2v) is 9.04. The lowest BCUT2D eigenvalue weighted by molar-refractivity contribution is -0.167. The molecule has 0 amide bonds. The van der Waals surface area contributed by atoms with E-state index in [1.807, 2.05) is 13.8 Å². The Kier molecular flexibility index (Phi) is 4.87. The maximum atomic E-state index is 13.3. The topological polar surface area (TPSA) is 52.6 Å². The Morgan fingerprint density at radius 3 is 1.79 bits per heavy atom. The summed E-state index contributed by atoms with van der Waals surface area (Å²) in [6, 6.07) is 13.9. The molecule has 2 unspecified atom stereocenters. The highest BCUT2D eigenvalue weighted by molar-refractivity contribution is 6.30. The van der Waals surface area contributed by atoms with Gasteiger partial charge in [0.25, 0.3) is 0 Å². The van der Waals surface area contributed by atoms with Gasteiger partial charge in [0.1, 0.15) is 6.10 Å². The van der Waals surface area contributed by atoms with Gasteiger partial charge in [-0.1, -0.05) is 61.3 Å². The molecule has 2 aromatic rings. The Morgan fingerprint density at radius 1 is 0.821 bits per heavy atom. The van der Waals surface area contributed by atoms with E-state index < -0.39 is 23.4 Å². The van der Waals surface area contributed by atoms with E-state index in [0.717, 1.165) is 0 Å². The van der Waals surface area contributed by atoms with E-state index in [4.69, 9.17) is 32.7 Å². The van der Waals surface area contributed by atoms with Crippen LogP contribution in [0.15, 0.2) is 48.5 Å². The Morgan fingerprint density at radius 2 is 1.29 bits per heavy atom. The van der Waals surface area contributed by atoms with Crippen LogP contribution < -0.4 is 0 Å². The molecule has 1 heterocycles. The summed E-state index contributed by atoms with van der Waals surface area (Å²) in [5.74, 6) is -0.490. The second kappa shape index (κ2) is 6.96. The zero-order valence-electron chi connectivity index (χ0n) is 15.6. The second-order valence-electron chi connectivity index (χ2n) is 8.17. The number of ketones is 2. The highest BCUT2D eigenvalue weighted by atomic mass is 35.5. The first-order valence-corrected chi connectivity index (χ1v) is 9.88. The van der Waals surface area contributed by atoms with E-state index in [1.165, 1.54) is 0 Å². The smallest absolute Gasteiger partial charge is 0.217 e. The van der Waals surface area contributed by atoms with E-state index in [0.29, 0.717) is 21.2 Å². The Bertz CT molecular complexity index is 899. The van der Waals surface area contributed by atoms with Gasteiger partial charge in [0.15, 0.2) is 17.9 Å². The van der Waals surface area contributed by atoms with Crippen LogP contribution in [0.25, 0.3) is 0 Å². The van der Waals surface area contributed by atoms with Crippen LogP contribution in [-0.4, -0.2) is 17.2 Å². The average Bonchev–Trinajstić information content (AvgIpc) is 3.03. The molecule has 1 saturated heterocycles. The van der Waals surface area contributed by atoms with Crippen molar-refractivity contribution in [3.8, 4) is 0 Å². The molecule has 6 heteroatoms. The molecule has 146 valence electrons. The number of carbonyl (C=O) groups excluding carboxylic acids is 2. The molecule has 4 rings (SSSR count). The summed E-state index contributed by atoms with van der Waals surface area (Å²) in [6.45, 7) is 3.83. The first-order valence-electron chi connectivity index (χ1n) is 9.12. The number of carbonyl (C=O) groups is 2. The standard InChI is InChI=1S/C22H20Cl2O4/c1-21(2)11-17(25)22(18(26)12-21)19(13-3-7-15(23)8-4-13)27-20(28-22)14-5-9-16(24)10-6-14/h3-10,19-20H,11-12H2,1-2H3. The first-order chi connectivity index (χ1) is 13.2. The molecule has 2 aromatic carbocycles. The summed E-state index contributed by atoms with van der Waals surface area (Å²) in [5.41, 5.74) is -0.660. The molecule has 0 bridgehead atoms. The van der Waals surface area contributed by atoms with Gasteiger partial charge in [0.2, 0.25) is 5.60 Å². The quantitative estimate of drug-likeness (QED) is 0.606. The van der Waals surface area contributed by atoms with Gasteiger partial charge in [-0.15, -0.1) is 0 Å². The molecule has 1 aliphatic heterocycles. The maximum Gasteiger partial charge on any atom is 0.217 e. The van der Waals surface area contributed by atoms with Crippen LogP contribution in [0.4, 0.5) is 0 Å². The van der Waals surface area contributed by atoms with E-state index in [-0.39, 0.29) is 24.4 Å². The van der Waals surface area contributed by atoms with Crippen molar-refractivity contribution in [2.24, 2.45) is 5.41 Å². The lowest BCUT2D eigenvalue weighted by Crippen LogP contribution is -2.56. The van der Waals surface area contributed by atoms with Gasteiger partial charge < -0.3 is 9.47 Å². The summed E-state index contributed by atoms with van der Waals surface area (Å²) in [7, 11) is 0. The number of hydrogen-bond donors (Lipinski definition) is 0. The maximum absolute atomic E-state index is 13.3. The molecular weight excluding hydrogens is 399 g/mol. The van der Waals surface area contributed by atoms with E-state index in [1.54, 1.807) is 48.5 Å². The minimum Gasteiger partial charge on any atom is -0.336 e. The Hall–Kier alpha value is -1.72. The third-order valence-electron chi connectivity index (χ3n) is 5.34. The van der Waals surface area contributed by atoms with Gasteiger partial charge in [-0.05, 0) is 35.2 Å². The lowest BCUT2D eigenvalue weighted by atomic mass is 9.66. The summed E-state index contributed by atoms with van der Waals surface area (Å²) < 4.78 is 12.3. The number of hydrogen-bond acceptors (Lipinski definition) is 4. The van der Waals surface area contributed by atoms with Crippen LogP contribution >= 0.6 is 23.2 Å². The molecule has 2 atom stereocenters. The predicted octanol–water partition coefficient (Wildman–Crippen LogP) is 5.48. The van der Waals surface area contributed by atoms with Crippen LogP contribution in [0, 0.1) is 5.41 Å². The molecule has 0 aromatic heterocycles. The fourth-order valence-electron chi connectivity index (χ4n) is 3.97. The molecule has 0 N–H and O–H groups in total. The van der Waals surface area contributed by atoms with Crippen LogP contribution in [-0.2, 0) is 19.1 Å². The summed E-state index contributed by atoms with van der Waals surface area (Å²) >= 11 is 12.0. The third kappa shape index (κ3) is 3.29. The largest absolute Gasteiger partial charge is 0.336 e. The van der Waals surface area contributed by atoms with E-state index in [2.05, 4.69) is 0 Å². The van der Waals surface area contributed by atoms with Crippen molar-refractivity contribution in [2.75, 3.05) is 0 Å². The Balaban J connectivity index is 1.78. The van der Waals surface area contributed by atoms with E-state index in [9.17, 15) is 9.59 Å². The lowest BCUT2D eigenvalue weighted by Gasteiger charge is -2.39. The predicted molar refractivity (Wildman–Crippen MR) is 106 cm³/mol. The molecular formula is C22H20Cl2O4. The van der Waals surface area contributed by atoms with Gasteiger partial charge in [-0.25, -0.2) is 0 Å². The van der Waals surface area contributed by atoms with Crippen LogP contribution in [0.5, 0.6) is 0 Å². The molecule has 0 radical (unpaired) electrons. The molecule has 2 aliphatic rings. The van der Waals surface area contributed by atoms with Crippen LogP contribution in [0.1, 0.15) is 50.2 Å². The summed E-state index contributed by atoms with van der Waals surface area (Å²) in [5, 5.41) is 1.14. The van der Waals surface area contributed by atoms with Gasteiger partial charge in [-0.3, -0.25) is 9.59 Å². The fraction of sp³-hybridized carbons (Fsp3) is 0.364. The fourth-order valence-corrected chi connectivity index (χ4v) is 4.22. The SMILES string of the molecule is CC1(C)CC(=O)C2(OC(c3ccc(Cl)cc3)OC2c2ccc(Cl)cc2)C(=O)C1. The normalized spacial score (nSPS) is 26.0. The van der Waals surface area contributed by atoms with Crippen molar-refractivity contribution < 1.29 is 19.1 Å². The van der Waals surface area contributed by atoms with Crippen LogP contribution in [0.2, 0.25) is 10.0 Å². The van der Waals surface area contributed by atoms with Gasteiger partial charge in [0.05, 0.1) is 0 Å². The van der Waals surface area contributed by atoms with Crippen molar-refractivity contribution in [1.29, 1.82) is 0 Å². The molecule has 1 spiro atoms. The van der Waals surface area contributed by atoms with Crippen molar-refractivity contribution in [1.82, 2.24) is 0 Å². The molecule has 28 heavy (non-hydrogen) atoms. The van der Waals surface area contributed by atoms with Gasteiger partial charge >= 0.3 is 0 Å². The first kappa shape index (κ1) is 19.6. The van der Waals surface area contributed by atoms with Crippen molar-refractivity contribution in [2.45, 2.75) is 44.7 Å². The van der Waals surface area contributed by atoms with Gasteiger partial charge in [-0.2, -0.15) is 0 Å². The summed E-state index contributed by atoms with van der Waals surface area (Å²) in [6.07, 6.45) is -1.17. The number of benzene rings is 2. The molecule has 1 aliphatic carbocycles. The Labute approximate surface area is 173 Å². The minimum atomic E-state index is -1.65. The molecule has 2 fully saturated rings. The monoisotopic (exact) mass is 418 g/mol. The zero-order valence-corrected chi connectivity index (χ0v) is 17.1.